The number of carbonyl (C=O) groups excluding carboxylic acids is 1. The Hall–Kier alpha value is -0.630. The second-order valence-electron chi connectivity index (χ2n) is 2.85. The van der Waals surface area contributed by atoms with E-state index in [1.807, 2.05) is 6.08 Å². The van der Waals surface area contributed by atoms with Gasteiger partial charge in [-0.15, -0.1) is 0 Å². The predicted octanol–water partition coefficient (Wildman–Crippen LogP) is 0.105. The second-order valence-corrected chi connectivity index (χ2v) is 2.85. The third kappa shape index (κ3) is 0.512. The molecule has 1 aliphatic carbocycles. The monoisotopic (exact) mass is 123 g/mol. The van der Waals surface area contributed by atoms with Crippen molar-refractivity contribution in [3.8, 4) is 0 Å². The van der Waals surface area contributed by atoms with Crippen molar-refractivity contribution in [1.29, 1.82) is 0 Å². The maximum atomic E-state index is 11.1. The summed E-state index contributed by atoms with van der Waals surface area (Å²) in [5.41, 5.74) is 0.0139. The van der Waals surface area contributed by atoms with Crippen molar-refractivity contribution in [2.75, 3.05) is 13.1 Å². The van der Waals surface area contributed by atoms with E-state index in [1.54, 1.807) is 6.08 Å². The first-order valence-corrected chi connectivity index (χ1v) is 3.25. The highest BCUT2D eigenvalue weighted by molar-refractivity contribution is 5.98. The van der Waals surface area contributed by atoms with Crippen LogP contribution in [0.5, 0.6) is 0 Å². The van der Waals surface area contributed by atoms with Gasteiger partial charge in [0, 0.05) is 13.1 Å². The van der Waals surface area contributed by atoms with Gasteiger partial charge in [-0.25, -0.2) is 0 Å². The average molecular weight is 123 g/mol. The van der Waals surface area contributed by atoms with Gasteiger partial charge in [0.15, 0.2) is 5.78 Å². The van der Waals surface area contributed by atoms with Crippen LogP contribution in [-0.4, -0.2) is 18.9 Å². The van der Waals surface area contributed by atoms with Crippen molar-refractivity contribution in [1.82, 2.24) is 5.32 Å². The summed E-state index contributed by atoms with van der Waals surface area (Å²) in [6.07, 6.45) is 4.64. The molecule has 0 aromatic carbocycles. The average Bonchev–Trinajstić information content (AvgIpc) is 2.07. The van der Waals surface area contributed by atoms with Crippen LogP contribution in [0.25, 0.3) is 0 Å². The number of hydrogen-bond donors (Lipinski definition) is 1. The summed E-state index contributed by atoms with van der Waals surface area (Å²) in [5, 5.41) is 3.11. The van der Waals surface area contributed by atoms with Crippen molar-refractivity contribution in [3.05, 3.63) is 12.2 Å². The molecule has 9 heavy (non-hydrogen) atoms. The Balaban J connectivity index is 2.23. The van der Waals surface area contributed by atoms with Crippen molar-refractivity contribution < 1.29 is 4.79 Å². The summed E-state index contributed by atoms with van der Waals surface area (Å²) in [4.78, 5) is 11.1. The minimum atomic E-state index is 0.0139. The molecule has 1 fully saturated rings. The van der Waals surface area contributed by atoms with Crippen molar-refractivity contribution >= 4 is 5.78 Å². The van der Waals surface area contributed by atoms with E-state index in [2.05, 4.69) is 5.32 Å². The maximum absolute atomic E-state index is 11.1. The first-order valence-electron chi connectivity index (χ1n) is 3.25. The molecule has 1 heterocycles. The van der Waals surface area contributed by atoms with Crippen LogP contribution in [0, 0.1) is 5.41 Å². The van der Waals surface area contributed by atoms with Gasteiger partial charge in [-0.05, 0) is 12.5 Å². The lowest BCUT2D eigenvalue weighted by Gasteiger charge is -2.37. The van der Waals surface area contributed by atoms with Gasteiger partial charge in [0.1, 0.15) is 0 Å². The zero-order valence-electron chi connectivity index (χ0n) is 5.18. The van der Waals surface area contributed by atoms with Crippen LogP contribution in [0.2, 0.25) is 0 Å². The standard InChI is InChI=1S/C7H9NO/c9-6-2-1-3-7(6)4-8-5-7/h1-2,8H,3-5H2. The van der Waals surface area contributed by atoms with E-state index in [-0.39, 0.29) is 5.41 Å². The summed E-state index contributed by atoms with van der Waals surface area (Å²) in [5.74, 6) is 0.321. The molecule has 1 N–H and O–H groups in total. The molecule has 1 saturated heterocycles. The number of nitrogens with one attached hydrogen (secondary N) is 1. The van der Waals surface area contributed by atoms with Gasteiger partial charge in [0.25, 0.3) is 0 Å². The maximum Gasteiger partial charge on any atom is 0.164 e. The van der Waals surface area contributed by atoms with Gasteiger partial charge >= 0.3 is 0 Å². The predicted molar refractivity (Wildman–Crippen MR) is 34.1 cm³/mol. The largest absolute Gasteiger partial charge is 0.315 e. The lowest BCUT2D eigenvalue weighted by atomic mass is 9.79. The minimum Gasteiger partial charge on any atom is -0.315 e. The molecule has 2 rings (SSSR count). The smallest absolute Gasteiger partial charge is 0.164 e. The highest BCUT2D eigenvalue weighted by Gasteiger charge is 2.43. The van der Waals surface area contributed by atoms with Crippen LogP contribution in [0.4, 0.5) is 0 Å². The molecule has 2 heteroatoms. The van der Waals surface area contributed by atoms with E-state index in [0.717, 1.165) is 19.5 Å². The summed E-state index contributed by atoms with van der Waals surface area (Å²) in [6.45, 7) is 1.78. The summed E-state index contributed by atoms with van der Waals surface area (Å²) >= 11 is 0. The van der Waals surface area contributed by atoms with Crippen LogP contribution < -0.4 is 5.32 Å². The van der Waals surface area contributed by atoms with Gasteiger partial charge in [-0.1, -0.05) is 6.08 Å². The SMILES string of the molecule is O=C1C=CCC12CNC2. The molecule has 2 nitrogen and oxygen atoms in total. The summed E-state index contributed by atoms with van der Waals surface area (Å²) in [6, 6.07) is 0. The van der Waals surface area contributed by atoms with E-state index >= 15 is 0 Å². The van der Waals surface area contributed by atoms with Crippen LogP contribution in [-0.2, 0) is 4.79 Å². The Morgan fingerprint density at radius 1 is 1.56 bits per heavy atom. The summed E-state index contributed by atoms with van der Waals surface area (Å²) in [7, 11) is 0. The van der Waals surface area contributed by atoms with E-state index in [4.69, 9.17) is 0 Å². The molecular weight excluding hydrogens is 114 g/mol. The Morgan fingerprint density at radius 2 is 2.33 bits per heavy atom. The highest BCUT2D eigenvalue weighted by atomic mass is 16.1. The Labute approximate surface area is 53.9 Å². The third-order valence-electron chi connectivity index (χ3n) is 2.23. The van der Waals surface area contributed by atoms with Crippen LogP contribution in [0.1, 0.15) is 6.42 Å². The number of ketones is 1. The molecule has 1 aliphatic heterocycles. The van der Waals surface area contributed by atoms with Crippen LogP contribution >= 0.6 is 0 Å². The molecule has 0 atom stereocenters. The zero-order chi connectivity index (χ0) is 6.32. The Kier molecular flexibility index (Phi) is 0.833. The van der Waals surface area contributed by atoms with Gasteiger partial charge in [0.2, 0.25) is 0 Å². The molecule has 48 valence electrons. The second kappa shape index (κ2) is 1.45. The number of rotatable bonds is 0. The fraction of sp³-hybridized carbons (Fsp3) is 0.571. The molecule has 0 aromatic rings. The third-order valence-corrected chi connectivity index (χ3v) is 2.23. The number of allylic oxidation sites excluding steroid dienone is 2. The van der Waals surface area contributed by atoms with Gasteiger partial charge in [-0.3, -0.25) is 4.79 Å². The molecule has 0 unspecified atom stereocenters. The van der Waals surface area contributed by atoms with Crippen LogP contribution in [0.3, 0.4) is 0 Å². The lowest BCUT2D eigenvalue weighted by Crippen LogP contribution is -2.55. The molecule has 0 bridgehead atoms. The normalized spacial score (nSPS) is 29.1. The molecule has 0 saturated carbocycles. The van der Waals surface area contributed by atoms with Crippen molar-refractivity contribution in [3.63, 3.8) is 0 Å². The first kappa shape index (κ1) is 5.18. The van der Waals surface area contributed by atoms with Gasteiger partial charge in [0.05, 0.1) is 5.41 Å². The minimum absolute atomic E-state index is 0.0139. The fourth-order valence-corrected chi connectivity index (χ4v) is 1.41. The summed E-state index contributed by atoms with van der Waals surface area (Å²) < 4.78 is 0. The molecule has 0 radical (unpaired) electrons. The van der Waals surface area contributed by atoms with E-state index in [0.29, 0.717) is 5.78 Å². The fourth-order valence-electron chi connectivity index (χ4n) is 1.41. The van der Waals surface area contributed by atoms with E-state index < -0.39 is 0 Å². The van der Waals surface area contributed by atoms with Crippen molar-refractivity contribution in [2.24, 2.45) is 5.41 Å². The van der Waals surface area contributed by atoms with E-state index in [1.165, 1.54) is 0 Å². The molecule has 1 spiro atoms. The van der Waals surface area contributed by atoms with Gasteiger partial charge < -0.3 is 5.32 Å². The number of carbonyl (C=O) groups is 1. The van der Waals surface area contributed by atoms with E-state index in [9.17, 15) is 4.79 Å². The van der Waals surface area contributed by atoms with Gasteiger partial charge in [-0.2, -0.15) is 0 Å². The molecule has 2 aliphatic rings. The van der Waals surface area contributed by atoms with Crippen LogP contribution in [0.15, 0.2) is 12.2 Å². The Morgan fingerprint density at radius 3 is 2.56 bits per heavy atom. The zero-order valence-corrected chi connectivity index (χ0v) is 5.18. The lowest BCUT2D eigenvalue weighted by molar-refractivity contribution is -0.125. The highest BCUT2D eigenvalue weighted by Crippen LogP contribution is 2.33. The molecule has 0 aromatic heterocycles. The quantitative estimate of drug-likeness (QED) is 0.495. The first-order chi connectivity index (χ1) is 4.33. The molecular formula is C7H9NO. The number of hydrogen-bond acceptors (Lipinski definition) is 2. The van der Waals surface area contributed by atoms with Crippen molar-refractivity contribution in [2.45, 2.75) is 6.42 Å². The molecule has 0 amide bonds. The topological polar surface area (TPSA) is 29.1 Å². The Bertz CT molecular complexity index is 179.